The van der Waals surface area contributed by atoms with Gasteiger partial charge in [0.25, 0.3) is 5.91 Å². The number of esters is 1. The van der Waals surface area contributed by atoms with Crippen LogP contribution in [0.1, 0.15) is 36.5 Å². The molecule has 1 aliphatic rings. The monoisotopic (exact) mass is 327 g/mol. The number of carbonyl (C=O) groups is 2. The Morgan fingerprint density at radius 2 is 2.00 bits per heavy atom. The fraction of sp³-hybridized carbons (Fsp3) is 0.389. The van der Waals surface area contributed by atoms with Gasteiger partial charge in [-0.25, -0.2) is 4.79 Å². The van der Waals surface area contributed by atoms with Crippen molar-refractivity contribution in [2.24, 2.45) is 0 Å². The molecule has 0 aliphatic carbocycles. The summed E-state index contributed by atoms with van der Waals surface area (Å²) in [5.74, 6) is -0.729. The highest BCUT2D eigenvalue weighted by molar-refractivity contribution is 6.00. The van der Waals surface area contributed by atoms with Gasteiger partial charge in [-0.15, -0.1) is 0 Å². The van der Waals surface area contributed by atoms with Crippen LogP contribution in [0.2, 0.25) is 0 Å². The lowest BCUT2D eigenvalue weighted by molar-refractivity contribution is -0.138. The second kappa shape index (κ2) is 8.73. The summed E-state index contributed by atoms with van der Waals surface area (Å²) in [6.45, 7) is 3.39. The molecule has 1 amide bonds. The number of carbonyl (C=O) groups excluding carboxylic acids is 2. The molecule has 1 fully saturated rings. The highest BCUT2D eigenvalue weighted by Gasteiger charge is 2.20. The predicted octanol–water partition coefficient (Wildman–Crippen LogP) is 2.70. The SMILES string of the molecule is CCOC(=O)/C(C#N)=C/Nc1ccccc1C(=O)N1CCCCC1. The van der Waals surface area contributed by atoms with E-state index in [1.54, 1.807) is 37.3 Å². The van der Waals surface area contributed by atoms with Crippen LogP contribution in [-0.4, -0.2) is 36.5 Å². The van der Waals surface area contributed by atoms with Crippen LogP contribution >= 0.6 is 0 Å². The fourth-order valence-corrected chi connectivity index (χ4v) is 2.56. The number of amides is 1. The maximum Gasteiger partial charge on any atom is 0.350 e. The molecule has 1 aliphatic heterocycles. The summed E-state index contributed by atoms with van der Waals surface area (Å²) in [6.07, 6.45) is 4.46. The average molecular weight is 327 g/mol. The van der Waals surface area contributed by atoms with Gasteiger partial charge in [-0.2, -0.15) is 5.26 Å². The van der Waals surface area contributed by atoms with Gasteiger partial charge >= 0.3 is 5.97 Å². The number of nitrogens with one attached hydrogen (secondary N) is 1. The number of piperidine rings is 1. The lowest BCUT2D eigenvalue weighted by atomic mass is 10.1. The third-order valence-electron chi connectivity index (χ3n) is 3.79. The van der Waals surface area contributed by atoms with E-state index in [4.69, 9.17) is 10.00 Å². The Bertz CT molecular complexity index is 670. The van der Waals surface area contributed by atoms with Gasteiger partial charge in [0.2, 0.25) is 0 Å². The molecule has 1 saturated heterocycles. The molecule has 1 heterocycles. The number of rotatable bonds is 5. The molecule has 0 aromatic heterocycles. The first kappa shape index (κ1) is 17.5. The van der Waals surface area contributed by atoms with E-state index in [2.05, 4.69) is 5.32 Å². The van der Waals surface area contributed by atoms with Crippen LogP contribution in [0.3, 0.4) is 0 Å². The quantitative estimate of drug-likeness (QED) is 0.511. The molecule has 6 heteroatoms. The van der Waals surface area contributed by atoms with Gasteiger partial charge < -0.3 is 15.0 Å². The molecule has 1 aromatic carbocycles. The Balaban J connectivity index is 2.18. The molecule has 0 saturated carbocycles. The average Bonchev–Trinajstić information content (AvgIpc) is 2.63. The topological polar surface area (TPSA) is 82.4 Å². The molecule has 24 heavy (non-hydrogen) atoms. The second-order valence-electron chi connectivity index (χ2n) is 5.43. The number of anilines is 1. The number of para-hydroxylation sites is 1. The summed E-state index contributed by atoms with van der Waals surface area (Å²) < 4.78 is 4.81. The summed E-state index contributed by atoms with van der Waals surface area (Å²) in [5, 5.41) is 11.9. The van der Waals surface area contributed by atoms with Gasteiger partial charge in [-0.05, 0) is 38.3 Å². The summed E-state index contributed by atoms with van der Waals surface area (Å²) in [4.78, 5) is 26.2. The standard InChI is InChI=1S/C18H21N3O3/c1-2-24-18(23)14(12-19)13-20-16-9-5-4-8-15(16)17(22)21-10-6-3-7-11-21/h4-5,8-9,13,20H,2-3,6-7,10-11H2,1H3/b14-13+. The number of nitrogens with zero attached hydrogens (tertiary/aromatic N) is 2. The molecule has 1 N–H and O–H groups in total. The van der Waals surface area contributed by atoms with E-state index in [9.17, 15) is 9.59 Å². The van der Waals surface area contributed by atoms with Gasteiger partial charge in [-0.3, -0.25) is 4.79 Å². The molecular weight excluding hydrogens is 306 g/mol. The zero-order chi connectivity index (χ0) is 17.4. The van der Waals surface area contributed by atoms with Crippen molar-refractivity contribution in [2.75, 3.05) is 25.0 Å². The van der Waals surface area contributed by atoms with Crippen molar-refractivity contribution in [1.29, 1.82) is 5.26 Å². The third kappa shape index (κ3) is 4.35. The van der Waals surface area contributed by atoms with Crippen molar-refractivity contribution in [2.45, 2.75) is 26.2 Å². The molecule has 126 valence electrons. The van der Waals surface area contributed by atoms with Gasteiger partial charge in [0.05, 0.1) is 17.9 Å². The van der Waals surface area contributed by atoms with Gasteiger partial charge in [0, 0.05) is 19.3 Å². The first-order valence-electron chi connectivity index (χ1n) is 8.09. The van der Waals surface area contributed by atoms with Crippen LogP contribution < -0.4 is 5.32 Å². The zero-order valence-electron chi connectivity index (χ0n) is 13.7. The Labute approximate surface area is 141 Å². The van der Waals surface area contributed by atoms with Crippen LogP contribution in [0.5, 0.6) is 0 Å². The molecular formula is C18H21N3O3. The Kier molecular flexibility index (Phi) is 6.38. The van der Waals surface area contributed by atoms with Crippen LogP contribution in [0, 0.1) is 11.3 Å². The molecule has 0 unspecified atom stereocenters. The molecule has 0 atom stereocenters. The number of ether oxygens (including phenoxy) is 1. The number of nitriles is 1. The highest BCUT2D eigenvalue weighted by Crippen LogP contribution is 2.20. The zero-order valence-corrected chi connectivity index (χ0v) is 13.7. The van der Waals surface area contributed by atoms with Crippen molar-refractivity contribution in [3.8, 4) is 6.07 Å². The number of benzene rings is 1. The summed E-state index contributed by atoms with van der Waals surface area (Å²) in [6, 6.07) is 8.87. The van der Waals surface area contributed by atoms with Crippen LogP contribution in [0.15, 0.2) is 36.0 Å². The van der Waals surface area contributed by atoms with E-state index in [1.165, 1.54) is 6.20 Å². The normalized spacial score (nSPS) is 14.7. The van der Waals surface area contributed by atoms with E-state index in [1.807, 2.05) is 4.90 Å². The Morgan fingerprint density at radius 1 is 1.29 bits per heavy atom. The summed E-state index contributed by atoms with van der Waals surface area (Å²) in [5.41, 5.74) is 0.944. The summed E-state index contributed by atoms with van der Waals surface area (Å²) >= 11 is 0. The van der Waals surface area contributed by atoms with Crippen molar-refractivity contribution in [3.05, 3.63) is 41.6 Å². The minimum absolute atomic E-state index is 0.0409. The van der Waals surface area contributed by atoms with Gasteiger partial charge in [0.1, 0.15) is 6.07 Å². The molecule has 2 rings (SSSR count). The van der Waals surface area contributed by atoms with Crippen LogP contribution in [-0.2, 0) is 9.53 Å². The number of hydrogen-bond acceptors (Lipinski definition) is 5. The molecule has 1 aromatic rings. The largest absolute Gasteiger partial charge is 0.462 e. The lowest BCUT2D eigenvalue weighted by Crippen LogP contribution is -2.35. The van der Waals surface area contributed by atoms with Crippen LogP contribution in [0.4, 0.5) is 5.69 Å². The van der Waals surface area contributed by atoms with Crippen LogP contribution in [0.25, 0.3) is 0 Å². The fourth-order valence-electron chi connectivity index (χ4n) is 2.56. The smallest absolute Gasteiger partial charge is 0.350 e. The summed E-state index contributed by atoms with van der Waals surface area (Å²) in [7, 11) is 0. The van der Waals surface area contributed by atoms with E-state index < -0.39 is 5.97 Å². The number of likely N-dealkylation sites (tertiary alicyclic amines) is 1. The lowest BCUT2D eigenvalue weighted by Gasteiger charge is -2.27. The number of hydrogen-bond donors (Lipinski definition) is 1. The molecule has 0 bridgehead atoms. The van der Waals surface area contributed by atoms with Crippen molar-refractivity contribution in [3.63, 3.8) is 0 Å². The maximum atomic E-state index is 12.7. The van der Waals surface area contributed by atoms with E-state index in [0.29, 0.717) is 11.3 Å². The first-order chi connectivity index (χ1) is 11.7. The van der Waals surface area contributed by atoms with Gasteiger partial charge in [0.15, 0.2) is 5.57 Å². The molecule has 0 spiro atoms. The van der Waals surface area contributed by atoms with Crippen molar-refractivity contribution < 1.29 is 14.3 Å². The molecule has 0 radical (unpaired) electrons. The van der Waals surface area contributed by atoms with E-state index in [0.717, 1.165) is 32.4 Å². The third-order valence-corrected chi connectivity index (χ3v) is 3.79. The predicted molar refractivity (Wildman–Crippen MR) is 90.1 cm³/mol. The highest BCUT2D eigenvalue weighted by atomic mass is 16.5. The maximum absolute atomic E-state index is 12.7. The van der Waals surface area contributed by atoms with Crippen molar-refractivity contribution in [1.82, 2.24) is 4.90 Å². The van der Waals surface area contributed by atoms with Crippen molar-refractivity contribution >= 4 is 17.6 Å². The Hall–Kier alpha value is -2.81. The second-order valence-corrected chi connectivity index (χ2v) is 5.43. The minimum Gasteiger partial charge on any atom is -0.462 e. The molecule has 6 nitrogen and oxygen atoms in total. The minimum atomic E-state index is -0.688. The Morgan fingerprint density at radius 3 is 2.67 bits per heavy atom. The van der Waals surface area contributed by atoms with Gasteiger partial charge in [-0.1, -0.05) is 12.1 Å². The van der Waals surface area contributed by atoms with E-state index in [-0.39, 0.29) is 18.1 Å². The first-order valence-corrected chi connectivity index (χ1v) is 8.09. The van der Waals surface area contributed by atoms with E-state index >= 15 is 0 Å².